The molecule has 0 unspecified atom stereocenters. The maximum Gasteiger partial charge on any atom is 0.253 e. The van der Waals surface area contributed by atoms with Gasteiger partial charge in [-0.2, -0.15) is 0 Å². The van der Waals surface area contributed by atoms with Crippen LogP contribution in [0.2, 0.25) is 0 Å². The van der Waals surface area contributed by atoms with Crippen LogP contribution in [0.4, 0.5) is 11.4 Å². The summed E-state index contributed by atoms with van der Waals surface area (Å²) in [5.74, 6) is 0.658. The average Bonchev–Trinajstić information content (AvgIpc) is 2.46. The first-order valence-electron chi connectivity index (χ1n) is 8.09. The first-order chi connectivity index (χ1) is 10.1. The lowest BCUT2D eigenvalue weighted by Crippen LogP contribution is -2.37. The van der Waals surface area contributed by atoms with E-state index in [0.29, 0.717) is 17.3 Å². The number of anilines is 2. The molecule has 0 bridgehead atoms. The van der Waals surface area contributed by atoms with Crippen LogP contribution in [0.15, 0.2) is 9.59 Å². The van der Waals surface area contributed by atoms with E-state index >= 15 is 0 Å². The average molecular weight is 295 g/mol. The van der Waals surface area contributed by atoms with Crippen molar-refractivity contribution in [2.45, 2.75) is 52.4 Å². The maximum absolute atomic E-state index is 11.6. The molecule has 0 saturated carbocycles. The Kier molecular flexibility index (Phi) is 8.05. The summed E-state index contributed by atoms with van der Waals surface area (Å²) in [7, 11) is 0. The van der Waals surface area contributed by atoms with Gasteiger partial charge in [0.2, 0.25) is 0 Å². The third kappa shape index (κ3) is 5.87. The molecule has 0 aliphatic rings. The van der Waals surface area contributed by atoms with Gasteiger partial charge in [-0.25, -0.2) is 0 Å². The summed E-state index contributed by atoms with van der Waals surface area (Å²) in [6.07, 6.45) is 6.37. The second-order valence-corrected chi connectivity index (χ2v) is 6.00. The summed E-state index contributed by atoms with van der Waals surface area (Å²) < 4.78 is 0. The number of rotatable bonds is 12. The molecule has 5 heteroatoms. The van der Waals surface area contributed by atoms with Gasteiger partial charge in [0, 0.05) is 13.1 Å². The first kappa shape index (κ1) is 17.7. The summed E-state index contributed by atoms with van der Waals surface area (Å²) in [5.41, 5.74) is 5.62. The van der Waals surface area contributed by atoms with Crippen molar-refractivity contribution in [2.24, 2.45) is 11.7 Å². The molecular weight excluding hydrogens is 266 g/mol. The molecule has 0 aromatic heterocycles. The van der Waals surface area contributed by atoms with Gasteiger partial charge in [0.15, 0.2) is 0 Å². The molecule has 120 valence electrons. The summed E-state index contributed by atoms with van der Waals surface area (Å²) in [5, 5.41) is 6.19. The molecule has 1 aromatic rings. The van der Waals surface area contributed by atoms with E-state index in [1.54, 1.807) is 0 Å². The van der Waals surface area contributed by atoms with Crippen molar-refractivity contribution in [3.05, 3.63) is 20.4 Å². The van der Waals surface area contributed by atoms with Crippen LogP contribution < -0.4 is 27.2 Å². The minimum atomic E-state index is -0.386. The van der Waals surface area contributed by atoms with Crippen molar-refractivity contribution in [3.63, 3.8) is 0 Å². The Morgan fingerprint density at radius 3 is 1.90 bits per heavy atom. The summed E-state index contributed by atoms with van der Waals surface area (Å²) in [4.78, 5) is 23.1. The van der Waals surface area contributed by atoms with Gasteiger partial charge in [0.25, 0.3) is 10.9 Å². The van der Waals surface area contributed by atoms with Gasteiger partial charge in [0.05, 0.1) is 0 Å². The molecule has 0 atom stereocenters. The molecule has 0 aliphatic carbocycles. The van der Waals surface area contributed by atoms with Gasteiger partial charge in [-0.1, -0.05) is 26.7 Å². The second-order valence-electron chi connectivity index (χ2n) is 6.00. The zero-order valence-corrected chi connectivity index (χ0v) is 13.3. The molecule has 0 spiro atoms. The SMILES string of the molecule is CC(C)CCCNc1c(NCCCCCCN)c(=O)c1=O. The van der Waals surface area contributed by atoms with Crippen molar-refractivity contribution in [1.29, 1.82) is 0 Å². The standard InChI is InChI=1S/C16H29N3O2/c1-12(2)8-7-11-19-14-13(15(20)16(14)21)18-10-6-4-3-5-9-17/h12,18-19H,3-11,17H2,1-2H3. The quantitative estimate of drug-likeness (QED) is 0.406. The van der Waals surface area contributed by atoms with Crippen LogP contribution in [-0.4, -0.2) is 19.6 Å². The molecule has 4 N–H and O–H groups in total. The highest BCUT2D eigenvalue weighted by Crippen LogP contribution is 2.15. The number of hydrogen-bond acceptors (Lipinski definition) is 5. The van der Waals surface area contributed by atoms with E-state index in [-0.39, 0.29) is 10.9 Å². The first-order valence-corrected chi connectivity index (χ1v) is 8.09. The third-order valence-electron chi connectivity index (χ3n) is 3.60. The largest absolute Gasteiger partial charge is 0.380 e. The van der Waals surface area contributed by atoms with Gasteiger partial charge in [0.1, 0.15) is 11.4 Å². The highest BCUT2D eigenvalue weighted by atomic mass is 16.2. The van der Waals surface area contributed by atoms with Crippen LogP contribution in [0.3, 0.4) is 0 Å². The van der Waals surface area contributed by atoms with Gasteiger partial charge < -0.3 is 16.4 Å². The normalized spacial score (nSPS) is 11.2. The molecule has 0 amide bonds. The molecular formula is C16H29N3O2. The molecule has 1 aromatic carbocycles. The zero-order chi connectivity index (χ0) is 15.7. The topological polar surface area (TPSA) is 84.2 Å². The zero-order valence-electron chi connectivity index (χ0n) is 13.3. The monoisotopic (exact) mass is 295 g/mol. The van der Waals surface area contributed by atoms with Crippen LogP contribution in [0.1, 0.15) is 52.4 Å². The van der Waals surface area contributed by atoms with Crippen molar-refractivity contribution in [3.8, 4) is 0 Å². The van der Waals surface area contributed by atoms with Crippen LogP contribution in [0.5, 0.6) is 0 Å². The Morgan fingerprint density at radius 1 is 0.857 bits per heavy atom. The highest BCUT2D eigenvalue weighted by molar-refractivity contribution is 5.73. The predicted molar refractivity (Wildman–Crippen MR) is 89.9 cm³/mol. The molecule has 21 heavy (non-hydrogen) atoms. The molecule has 0 heterocycles. The number of unbranched alkanes of at least 4 members (excludes halogenated alkanes) is 3. The Bertz CT molecular complexity index is 476. The van der Waals surface area contributed by atoms with Gasteiger partial charge in [-0.3, -0.25) is 9.59 Å². The summed E-state index contributed by atoms with van der Waals surface area (Å²) in [6, 6.07) is 0. The predicted octanol–water partition coefficient (Wildman–Crippen LogP) is 2.06. The van der Waals surface area contributed by atoms with Crippen molar-refractivity contribution >= 4 is 11.4 Å². The van der Waals surface area contributed by atoms with Crippen LogP contribution in [0, 0.1) is 5.92 Å². The Balaban J connectivity index is 2.29. The van der Waals surface area contributed by atoms with Crippen molar-refractivity contribution < 1.29 is 0 Å². The van der Waals surface area contributed by atoms with E-state index in [9.17, 15) is 9.59 Å². The van der Waals surface area contributed by atoms with Gasteiger partial charge >= 0.3 is 0 Å². The smallest absolute Gasteiger partial charge is 0.253 e. The van der Waals surface area contributed by atoms with E-state index in [1.807, 2.05) is 0 Å². The summed E-state index contributed by atoms with van der Waals surface area (Å²) in [6.45, 7) is 6.56. The molecule has 1 rings (SSSR count). The van der Waals surface area contributed by atoms with Crippen LogP contribution in [-0.2, 0) is 0 Å². The molecule has 0 saturated heterocycles. The number of hydrogen-bond donors (Lipinski definition) is 3. The Morgan fingerprint density at radius 2 is 1.38 bits per heavy atom. The van der Waals surface area contributed by atoms with Crippen LogP contribution in [0.25, 0.3) is 0 Å². The fraction of sp³-hybridized carbons (Fsp3) is 0.750. The molecule has 5 nitrogen and oxygen atoms in total. The number of nitrogens with one attached hydrogen (secondary N) is 2. The van der Waals surface area contributed by atoms with Gasteiger partial charge in [-0.05, 0) is 38.1 Å². The highest BCUT2D eigenvalue weighted by Gasteiger charge is 2.19. The van der Waals surface area contributed by atoms with E-state index in [0.717, 1.165) is 58.2 Å². The lowest BCUT2D eigenvalue weighted by atomic mass is 10.1. The number of nitrogens with two attached hydrogens (primary N) is 1. The van der Waals surface area contributed by atoms with Gasteiger partial charge in [-0.15, -0.1) is 0 Å². The summed E-state index contributed by atoms with van der Waals surface area (Å²) >= 11 is 0. The molecule has 0 radical (unpaired) electrons. The van der Waals surface area contributed by atoms with E-state index in [4.69, 9.17) is 5.73 Å². The lowest BCUT2D eigenvalue weighted by molar-refractivity contribution is 0.567. The Labute approximate surface area is 127 Å². The van der Waals surface area contributed by atoms with Crippen molar-refractivity contribution in [2.75, 3.05) is 30.3 Å². The third-order valence-corrected chi connectivity index (χ3v) is 3.60. The minimum Gasteiger partial charge on any atom is -0.380 e. The van der Waals surface area contributed by atoms with Crippen molar-refractivity contribution in [1.82, 2.24) is 0 Å². The van der Waals surface area contributed by atoms with Crippen LogP contribution >= 0.6 is 0 Å². The maximum atomic E-state index is 11.6. The lowest BCUT2D eigenvalue weighted by Gasteiger charge is -2.15. The Hall–Kier alpha value is -1.36. The van der Waals surface area contributed by atoms with E-state index in [1.165, 1.54) is 0 Å². The molecule has 0 aliphatic heterocycles. The fourth-order valence-electron chi connectivity index (χ4n) is 2.29. The van der Waals surface area contributed by atoms with E-state index in [2.05, 4.69) is 24.5 Å². The van der Waals surface area contributed by atoms with E-state index < -0.39 is 0 Å². The second kappa shape index (κ2) is 9.55. The minimum absolute atomic E-state index is 0.384. The molecule has 0 fully saturated rings. The fourth-order valence-corrected chi connectivity index (χ4v) is 2.29.